The van der Waals surface area contributed by atoms with Crippen molar-refractivity contribution in [3.8, 4) is 11.8 Å². The van der Waals surface area contributed by atoms with Crippen molar-refractivity contribution in [1.29, 1.82) is 5.26 Å². The van der Waals surface area contributed by atoms with E-state index in [1.807, 2.05) is 18.2 Å². The predicted molar refractivity (Wildman–Crippen MR) is 102 cm³/mol. The summed E-state index contributed by atoms with van der Waals surface area (Å²) in [5.74, 6) is -0.337. The number of benzene rings is 2. The highest BCUT2D eigenvalue weighted by Gasteiger charge is 2.16. The number of carbonyl (C=O) groups is 2. The van der Waals surface area contributed by atoms with Crippen molar-refractivity contribution in [3.05, 3.63) is 66.2 Å². The van der Waals surface area contributed by atoms with E-state index in [4.69, 9.17) is 14.7 Å². The minimum absolute atomic E-state index is 0.185. The Hall–Kier alpha value is -3.59. The molecule has 0 N–H and O–H groups in total. The third-order valence-corrected chi connectivity index (χ3v) is 3.66. The number of anilines is 1. The third-order valence-electron chi connectivity index (χ3n) is 3.66. The van der Waals surface area contributed by atoms with Crippen LogP contribution in [0.3, 0.4) is 0 Å². The van der Waals surface area contributed by atoms with Crippen molar-refractivity contribution in [1.82, 2.24) is 0 Å². The number of amides is 1. The minimum atomic E-state index is -0.625. The number of methoxy groups -OCH3 is 1. The molecule has 0 heterocycles. The quantitative estimate of drug-likeness (QED) is 0.531. The molecule has 1 amide bonds. The van der Waals surface area contributed by atoms with E-state index in [2.05, 4.69) is 0 Å². The second-order valence-electron chi connectivity index (χ2n) is 5.51. The Bertz CT molecular complexity index is 841. The zero-order valence-electron chi connectivity index (χ0n) is 15.0. The van der Waals surface area contributed by atoms with Gasteiger partial charge >= 0.3 is 5.97 Å². The number of hydrogen-bond acceptors (Lipinski definition) is 5. The molecule has 0 radical (unpaired) electrons. The number of para-hydroxylation sites is 1. The van der Waals surface area contributed by atoms with Gasteiger partial charge in [0.15, 0.2) is 6.61 Å². The standard InChI is InChI=1S/C21H20N2O4/c1-26-19-10-5-7-17(15-19)11-12-21(25)27-16-20(24)23(14-6-13-22)18-8-3-2-4-9-18/h2-5,7-12,15H,6,14,16H2,1H3/b12-11+. The molecule has 0 bridgehead atoms. The minimum Gasteiger partial charge on any atom is -0.497 e. The molecule has 0 unspecified atom stereocenters. The van der Waals surface area contributed by atoms with Gasteiger partial charge in [0, 0.05) is 18.3 Å². The first-order valence-electron chi connectivity index (χ1n) is 8.35. The van der Waals surface area contributed by atoms with Crippen LogP contribution in [0, 0.1) is 11.3 Å². The van der Waals surface area contributed by atoms with E-state index in [1.54, 1.807) is 55.7 Å². The van der Waals surface area contributed by atoms with Crippen LogP contribution in [0.15, 0.2) is 60.7 Å². The number of carbonyl (C=O) groups excluding carboxylic acids is 2. The van der Waals surface area contributed by atoms with Crippen LogP contribution >= 0.6 is 0 Å². The summed E-state index contributed by atoms with van der Waals surface area (Å²) in [4.78, 5) is 25.7. The largest absolute Gasteiger partial charge is 0.497 e. The van der Waals surface area contributed by atoms with Crippen molar-refractivity contribution >= 4 is 23.6 Å². The lowest BCUT2D eigenvalue weighted by molar-refractivity contribution is -0.142. The fraction of sp³-hybridized carbons (Fsp3) is 0.190. The van der Waals surface area contributed by atoms with Gasteiger partial charge in [-0.2, -0.15) is 5.26 Å². The number of nitriles is 1. The van der Waals surface area contributed by atoms with Gasteiger partial charge in [0.05, 0.1) is 19.6 Å². The first kappa shape index (κ1) is 19.7. The molecule has 138 valence electrons. The van der Waals surface area contributed by atoms with Gasteiger partial charge in [0.25, 0.3) is 5.91 Å². The van der Waals surface area contributed by atoms with E-state index in [-0.39, 0.29) is 18.9 Å². The van der Waals surface area contributed by atoms with Gasteiger partial charge in [-0.05, 0) is 35.9 Å². The summed E-state index contributed by atoms with van der Waals surface area (Å²) in [6, 6.07) is 18.2. The van der Waals surface area contributed by atoms with Gasteiger partial charge in [-0.3, -0.25) is 4.79 Å². The third kappa shape index (κ3) is 6.33. The molecule has 2 aromatic carbocycles. The number of nitrogens with zero attached hydrogens (tertiary/aromatic N) is 2. The van der Waals surface area contributed by atoms with E-state index < -0.39 is 12.6 Å². The maximum absolute atomic E-state index is 12.4. The molecule has 6 nitrogen and oxygen atoms in total. The van der Waals surface area contributed by atoms with Crippen molar-refractivity contribution in [3.63, 3.8) is 0 Å². The highest BCUT2D eigenvalue weighted by atomic mass is 16.5. The molecule has 0 aliphatic rings. The van der Waals surface area contributed by atoms with E-state index in [1.165, 1.54) is 11.0 Å². The van der Waals surface area contributed by atoms with Gasteiger partial charge in [0.1, 0.15) is 5.75 Å². The van der Waals surface area contributed by atoms with E-state index >= 15 is 0 Å². The molecule has 0 saturated carbocycles. The van der Waals surface area contributed by atoms with Crippen LogP contribution in [-0.2, 0) is 14.3 Å². The Morgan fingerprint density at radius 2 is 1.93 bits per heavy atom. The van der Waals surface area contributed by atoms with Crippen molar-refractivity contribution in [2.45, 2.75) is 6.42 Å². The lowest BCUT2D eigenvalue weighted by Gasteiger charge is -2.21. The van der Waals surface area contributed by atoms with Crippen LogP contribution in [0.5, 0.6) is 5.75 Å². The Labute approximate surface area is 158 Å². The van der Waals surface area contributed by atoms with Crippen LogP contribution in [0.1, 0.15) is 12.0 Å². The molecule has 0 fully saturated rings. The summed E-state index contributed by atoms with van der Waals surface area (Å²) in [5.41, 5.74) is 1.43. The fourth-order valence-corrected chi connectivity index (χ4v) is 2.34. The molecule has 0 atom stereocenters. The average Bonchev–Trinajstić information content (AvgIpc) is 2.72. The van der Waals surface area contributed by atoms with E-state index in [0.717, 1.165) is 5.56 Å². The van der Waals surface area contributed by atoms with Crippen LogP contribution in [0.4, 0.5) is 5.69 Å². The molecular weight excluding hydrogens is 344 g/mol. The summed E-state index contributed by atoms with van der Waals surface area (Å²) < 4.78 is 10.2. The number of ether oxygens (including phenoxy) is 2. The smallest absolute Gasteiger partial charge is 0.331 e. The Balaban J connectivity index is 1.94. The van der Waals surface area contributed by atoms with Crippen molar-refractivity contribution in [2.75, 3.05) is 25.2 Å². The molecule has 0 spiro atoms. The number of rotatable bonds is 8. The van der Waals surface area contributed by atoms with Gasteiger partial charge in [-0.15, -0.1) is 0 Å². The monoisotopic (exact) mass is 364 g/mol. The predicted octanol–water partition coefficient (Wildman–Crippen LogP) is 3.20. The zero-order chi connectivity index (χ0) is 19.5. The molecule has 0 saturated heterocycles. The number of esters is 1. The zero-order valence-corrected chi connectivity index (χ0v) is 15.0. The maximum Gasteiger partial charge on any atom is 0.331 e. The summed E-state index contributed by atoms with van der Waals surface area (Å²) in [6.45, 7) is -0.168. The van der Waals surface area contributed by atoms with Gasteiger partial charge < -0.3 is 14.4 Å². The second kappa shape index (κ2) is 10.4. The normalized spacial score (nSPS) is 10.2. The topological polar surface area (TPSA) is 79.6 Å². The van der Waals surface area contributed by atoms with Crippen LogP contribution in [-0.4, -0.2) is 32.1 Å². The van der Waals surface area contributed by atoms with Crippen molar-refractivity contribution < 1.29 is 19.1 Å². The lowest BCUT2D eigenvalue weighted by atomic mass is 10.2. The summed E-state index contributed by atoms with van der Waals surface area (Å²) in [7, 11) is 1.56. The Morgan fingerprint density at radius 3 is 2.63 bits per heavy atom. The highest BCUT2D eigenvalue weighted by molar-refractivity contribution is 5.96. The molecule has 2 rings (SSSR count). The van der Waals surface area contributed by atoms with Gasteiger partial charge in [0.2, 0.25) is 0 Å². The highest BCUT2D eigenvalue weighted by Crippen LogP contribution is 2.15. The molecule has 2 aromatic rings. The molecular formula is C21H20N2O4. The SMILES string of the molecule is COc1cccc(/C=C/C(=O)OCC(=O)N(CCC#N)c2ccccc2)c1. The molecule has 0 aromatic heterocycles. The molecule has 0 aliphatic carbocycles. The maximum atomic E-state index is 12.4. The Morgan fingerprint density at radius 1 is 1.15 bits per heavy atom. The van der Waals surface area contributed by atoms with Crippen LogP contribution < -0.4 is 9.64 Å². The summed E-state index contributed by atoms with van der Waals surface area (Å²) >= 11 is 0. The van der Waals surface area contributed by atoms with E-state index in [9.17, 15) is 9.59 Å². The summed E-state index contributed by atoms with van der Waals surface area (Å²) in [5, 5.41) is 8.79. The first-order valence-corrected chi connectivity index (χ1v) is 8.35. The number of hydrogen-bond donors (Lipinski definition) is 0. The first-order chi connectivity index (χ1) is 13.1. The Kier molecular flexibility index (Phi) is 7.61. The second-order valence-corrected chi connectivity index (χ2v) is 5.51. The van der Waals surface area contributed by atoms with Crippen LogP contribution in [0.25, 0.3) is 6.08 Å². The van der Waals surface area contributed by atoms with E-state index in [0.29, 0.717) is 11.4 Å². The lowest BCUT2D eigenvalue weighted by Crippen LogP contribution is -2.35. The average molecular weight is 364 g/mol. The summed E-state index contributed by atoms with van der Waals surface area (Å²) in [6.07, 6.45) is 3.02. The van der Waals surface area contributed by atoms with Gasteiger partial charge in [-0.25, -0.2) is 4.79 Å². The van der Waals surface area contributed by atoms with Crippen LogP contribution in [0.2, 0.25) is 0 Å². The molecule has 0 aliphatic heterocycles. The van der Waals surface area contributed by atoms with Gasteiger partial charge in [-0.1, -0.05) is 30.3 Å². The molecule has 6 heteroatoms. The fourth-order valence-electron chi connectivity index (χ4n) is 2.34. The van der Waals surface area contributed by atoms with Crippen molar-refractivity contribution in [2.24, 2.45) is 0 Å². The molecule has 27 heavy (non-hydrogen) atoms.